The summed E-state index contributed by atoms with van der Waals surface area (Å²) in [4.78, 5) is 287. The largest absolute Gasteiger partial charge is 0.463 e. The second kappa shape index (κ2) is 51.6. The number of ether oxygens (including phenoxy) is 35. The number of hydrogen-bond donors (Lipinski definition) is 0. The Kier molecular flexibility index (Phi) is 41.9. The van der Waals surface area contributed by atoms with E-state index in [9.17, 15) is 101 Å². The normalized spacial score (nSPS) is 34.6. The van der Waals surface area contributed by atoms with E-state index in [1.165, 1.54) is 0 Å². The van der Waals surface area contributed by atoms with Crippen LogP contribution in [0.3, 0.4) is 0 Å². The number of hydrogen-bond acceptors (Lipinski definition) is 56. The summed E-state index contributed by atoms with van der Waals surface area (Å²) in [5, 5.41) is 0. The van der Waals surface area contributed by atoms with Crippen molar-refractivity contribution in [3.8, 4) is 0 Å². The molecule has 0 aromatic heterocycles. The molecule has 0 aromatic carbocycles. The first-order valence-electron chi connectivity index (χ1n) is 43.2. The van der Waals surface area contributed by atoms with Gasteiger partial charge in [-0.25, -0.2) is 0 Å². The number of esters is 21. The minimum atomic E-state index is -2.47. The number of carbonyl (C=O) groups excluding carboxylic acids is 21. The standard InChI is InChI=1S/C84H112O56/c1-29(85)106-22-50-57-64(113-36(8)92)71(120-43(15)99)78(127-50)135-58-51(23-107-30(2)86)129-80(73(122-45(17)101)65(58)114-37(9)93)137-60-53(25-109-32(4)88)131-82(75(124-47(19)103)67(60)116-39(11)95)139-62-55(27-111-34(6)90)133-84(77(126-49(21)105)69(62)118-41(13)97)140-63-56(28-112-35(7)91)132-83(76(125-48(20)104)70(63)119-42(14)98)138-61-54(26-110-33(5)89)130-81(74(123-46(18)102)68(61)117-40(12)96)136-59-52(24-108-31(3)87)128-79(134-57)72(121-44(16)100)66(59)115-38(10)94/h50-84H,22-28H2,1-21H3. The fraction of sp³-hybridized carbons (Fsp3) is 0.750. The fourth-order valence-corrected chi connectivity index (χ4v) is 16.0. The fourth-order valence-electron chi connectivity index (χ4n) is 16.0. The van der Waals surface area contributed by atoms with Crippen molar-refractivity contribution >= 4 is 125 Å². The van der Waals surface area contributed by atoms with Crippen LogP contribution >= 0.6 is 0 Å². The predicted octanol–water partition coefficient (Wildman–Crippen LogP) is -3.24. The molecule has 0 saturated carbocycles. The maximum atomic E-state index is 14.0. The SMILES string of the molecule is CC(=O)OCC1OC2OC3C(COC(C)=O)OC(OC4C(COC(C)=O)OC(OC5C(COC(C)=O)OC(OC6C(COC(C)=O)OC(OC7C(COC(C)=O)OC(OC8C(COC(C)=O)OC(OC1C(OC(C)=O)C2OC(C)=O)C(OC(C)=O)C8OC(C)=O)C(OC(C)=O)C7OC(C)=O)C(OC(C)=O)C6OC(C)=O)C(OC(C)=O)C5OC(C)=O)C(OC(C)=O)C4OC(C)=O)C(OC(C)=O)C3OC(C)=O. The number of rotatable bonds is 28. The third kappa shape index (κ3) is 32.4. The summed E-state index contributed by atoms with van der Waals surface area (Å²) in [6, 6.07) is 0. The molecule has 14 bridgehead atoms. The highest BCUT2D eigenvalue weighted by Gasteiger charge is 2.66. The van der Waals surface area contributed by atoms with Crippen molar-refractivity contribution in [1.82, 2.24) is 0 Å². The van der Waals surface area contributed by atoms with Gasteiger partial charge in [0.2, 0.25) is 0 Å². The van der Waals surface area contributed by atoms with Crippen molar-refractivity contribution < 1.29 is 266 Å². The molecule has 21 fully saturated rings. The van der Waals surface area contributed by atoms with Crippen LogP contribution in [0.1, 0.15) is 145 Å². The molecule has 35 unspecified atom stereocenters. The lowest BCUT2D eigenvalue weighted by Crippen LogP contribution is -2.70. The molecule has 21 aliphatic rings. The summed E-state index contributed by atoms with van der Waals surface area (Å²) >= 11 is 0. The summed E-state index contributed by atoms with van der Waals surface area (Å²) < 4.78 is 215. The average Bonchev–Trinajstić information content (AvgIpc) is 0.783. The molecule has 21 aliphatic heterocycles. The molecule has 0 radical (unpaired) electrons. The van der Waals surface area contributed by atoms with Gasteiger partial charge in [0.15, 0.2) is 129 Å². The van der Waals surface area contributed by atoms with E-state index in [2.05, 4.69) is 0 Å². The summed E-state index contributed by atoms with van der Waals surface area (Å²) in [5.74, 6) is -26.2. The molecule has 0 amide bonds. The zero-order chi connectivity index (χ0) is 104. The molecule has 0 spiro atoms. The Morgan fingerprint density at radius 3 is 0.293 bits per heavy atom. The minimum absolute atomic E-state index is 0.791. The lowest BCUT2D eigenvalue weighted by atomic mass is 9.94. The van der Waals surface area contributed by atoms with E-state index in [0.29, 0.717) is 0 Å². The van der Waals surface area contributed by atoms with Crippen LogP contribution in [-0.4, -0.2) is 387 Å². The highest BCUT2D eigenvalue weighted by molar-refractivity contribution is 5.74. The van der Waals surface area contributed by atoms with Crippen LogP contribution in [0.25, 0.3) is 0 Å². The van der Waals surface area contributed by atoms with Gasteiger partial charge in [0, 0.05) is 145 Å². The van der Waals surface area contributed by atoms with E-state index in [0.717, 1.165) is 145 Å². The Morgan fingerprint density at radius 1 is 0.129 bits per heavy atom. The maximum absolute atomic E-state index is 14.0. The van der Waals surface area contributed by atoms with Gasteiger partial charge in [-0.1, -0.05) is 0 Å². The first kappa shape index (κ1) is 114. The van der Waals surface area contributed by atoms with E-state index < -0.39 is 387 Å². The monoisotopic (exact) mass is 2020 g/mol. The summed E-state index contributed by atoms with van der Waals surface area (Å²) in [5.41, 5.74) is 0. The van der Waals surface area contributed by atoms with Gasteiger partial charge in [0.1, 0.15) is 132 Å². The van der Waals surface area contributed by atoms with Crippen LogP contribution in [0.4, 0.5) is 0 Å². The molecule has 56 nitrogen and oxygen atoms in total. The summed E-state index contributed by atoms with van der Waals surface area (Å²) in [6.45, 7) is 9.45. The van der Waals surface area contributed by atoms with Gasteiger partial charge in [0.25, 0.3) is 0 Å². The molecular weight excluding hydrogens is 1900 g/mol. The van der Waals surface area contributed by atoms with E-state index in [4.69, 9.17) is 166 Å². The van der Waals surface area contributed by atoms with Crippen molar-refractivity contribution in [1.29, 1.82) is 0 Å². The molecule has 784 valence electrons. The molecule has 0 aliphatic carbocycles. The first-order valence-corrected chi connectivity index (χ1v) is 43.2. The van der Waals surface area contributed by atoms with Crippen LogP contribution in [-0.2, 0) is 266 Å². The van der Waals surface area contributed by atoms with Crippen molar-refractivity contribution in [2.75, 3.05) is 46.2 Å². The van der Waals surface area contributed by atoms with E-state index in [-0.39, 0.29) is 0 Å². The highest BCUT2D eigenvalue weighted by atomic mass is 16.8. The quantitative estimate of drug-likeness (QED) is 0.0548. The minimum Gasteiger partial charge on any atom is -0.463 e. The maximum Gasteiger partial charge on any atom is 0.303 e. The van der Waals surface area contributed by atoms with E-state index in [1.54, 1.807) is 0 Å². The molecule has 56 heteroatoms. The van der Waals surface area contributed by atoms with Gasteiger partial charge < -0.3 is 166 Å². The van der Waals surface area contributed by atoms with Crippen molar-refractivity contribution in [2.45, 2.75) is 360 Å². The molecule has 21 saturated heterocycles. The molecule has 35 atom stereocenters. The van der Waals surface area contributed by atoms with Crippen LogP contribution in [0, 0.1) is 0 Å². The van der Waals surface area contributed by atoms with Gasteiger partial charge in [-0.15, -0.1) is 0 Å². The Hall–Kier alpha value is -11.7. The third-order valence-corrected chi connectivity index (χ3v) is 20.6. The van der Waals surface area contributed by atoms with Gasteiger partial charge >= 0.3 is 125 Å². The Bertz CT molecular complexity index is 3700. The lowest BCUT2D eigenvalue weighted by Gasteiger charge is -2.52. The smallest absolute Gasteiger partial charge is 0.303 e. The Morgan fingerprint density at radius 2 is 0.214 bits per heavy atom. The predicted molar refractivity (Wildman–Crippen MR) is 429 cm³/mol. The molecular formula is C84H112O56. The molecule has 0 aromatic rings. The van der Waals surface area contributed by atoms with Crippen LogP contribution in [0.2, 0.25) is 0 Å². The van der Waals surface area contributed by atoms with Crippen LogP contribution < -0.4 is 0 Å². The number of carbonyl (C=O) groups is 21. The first-order chi connectivity index (χ1) is 65.7. The molecule has 0 N–H and O–H groups in total. The van der Waals surface area contributed by atoms with Gasteiger partial charge in [-0.3, -0.25) is 101 Å². The molecule has 21 heterocycles. The molecule has 21 rings (SSSR count). The van der Waals surface area contributed by atoms with Crippen molar-refractivity contribution in [2.24, 2.45) is 0 Å². The molecule has 140 heavy (non-hydrogen) atoms. The summed E-state index contributed by atoms with van der Waals surface area (Å²) in [6.07, 6.45) is -81.4. The van der Waals surface area contributed by atoms with Crippen molar-refractivity contribution in [3.05, 3.63) is 0 Å². The van der Waals surface area contributed by atoms with Gasteiger partial charge in [-0.2, -0.15) is 0 Å². The Labute approximate surface area is 795 Å². The second-order valence-corrected chi connectivity index (χ2v) is 32.2. The highest BCUT2D eigenvalue weighted by Crippen LogP contribution is 2.45. The van der Waals surface area contributed by atoms with E-state index >= 15 is 0 Å². The van der Waals surface area contributed by atoms with Gasteiger partial charge in [0.05, 0.1) is 0 Å². The third-order valence-electron chi connectivity index (χ3n) is 20.6. The summed E-state index contributed by atoms with van der Waals surface area (Å²) in [7, 11) is 0. The zero-order valence-electron chi connectivity index (χ0n) is 79.5. The van der Waals surface area contributed by atoms with Gasteiger partial charge in [-0.05, 0) is 0 Å². The second-order valence-electron chi connectivity index (χ2n) is 32.2. The zero-order valence-corrected chi connectivity index (χ0v) is 79.5. The van der Waals surface area contributed by atoms with E-state index in [1.807, 2.05) is 0 Å². The van der Waals surface area contributed by atoms with Crippen LogP contribution in [0.15, 0.2) is 0 Å². The Balaban J connectivity index is 1.52. The average molecular weight is 2020 g/mol. The topological polar surface area (TPSA) is 682 Å². The van der Waals surface area contributed by atoms with Crippen LogP contribution in [0.5, 0.6) is 0 Å². The van der Waals surface area contributed by atoms with Crippen molar-refractivity contribution in [3.63, 3.8) is 0 Å². The lowest BCUT2D eigenvalue weighted by molar-refractivity contribution is -0.396.